The first kappa shape index (κ1) is 21.2. The molecule has 10 nitrogen and oxygen atoms in total. The number of carbonyl (C=O) groups excluding carboxylic acids is 2. The molecule has 0 unspecified atom stereocenters. The van der Waals surface area contributed by atoms with Gasteiger partial charge in [0.1, 0.15) is 0 Å². The summed E-state index contributed by atoms with van der Waals surface area (Å²) >= 11 is 0. The third-order valence-electron chi connectivity index (χ3n) is 4.78. The van der Waals surface area contributed by atoms with E-state index in [1.54, 1.807) is 27.7 Å². The Morgan fingerprint density at radius 2 is 1.57 bits per heavy atom. The first-order valence-electron chi connectivity index (χ1n) is 9.40. The molecule has 3 rings (SSSR count). The number of hydrogen-bond donors (Lipinski definition) is 1. The van der Waals surface area contributed by atoms with Crippen LogP contribution >= 0.6 is 0 Å². The molecule has 0 aliphatic carbocycles. The summed E-state index contributed by atoms with van der Waals surface area (Å²) in [5.74, 6) is -1.95. The van der Waals surface area contributed by atoms with Gasteiger partial charge in [0.05, 0.1) is 41.3 Å². The monoisotopic (exact) mass is 418 g/mol. The number of dihydropyridines is 1. The van der Waals surface area contributed by atoms with Gasteiger partial charge in [-0.2, -0.15) is 0 Å². The zero-order chi connectivity index (χ0) is 22.0. The van der Waals surface area contributed by atoms with Crippen LogP contribution in [-0.2, 0) is 19.1 Å². The Balaban J connectivity index is 2.29. The summed E-state index contributed by atoms with van der Waals surface area (Å²) < 4.78 is 21.0. The Morgan fingerprint density at radius 1 is 1.07 bits per heavy atom. The van der Waals surface area contributed by atoms with Gasteiger partial charge in [-0.1, -0.05) is 0 Å². The molecule has 2 aliphatic rings. The van der Waals surface area contributed by atoms with Crippen molar-refractivity contribution in [3.63, 3.8) is 0 Å². The van der Waals surface area contributed by atoms with Crippen molar-refractivity contribution in [3.05, 3.63) is 50.4 Å². The van der Waals surface area contributed by atoms with E-state index in [4.69, 9.17) is 18.9 Å². The summed E-state index contributed by atoms with van der Waals surface area (Å²) in [6, 6.07) is 2.66. The summed E-state index contributed by atoms with van der Waals surface area (Å²) in [7, 11) is 0. The number of nitro benzene ring substituents is 1. The average Bonchev–Trinajstić information content (AvgIpc) is 3.14. The van der Waals surface area contributed by atoms with E-state index in [0.717, 1.165) is 0 Å². The molecule has 1 aromatic carbocycles. The Kier molecular flexibility index (Phi) is 5.95. The van der Waals surface area contributed by atoms with E-state index in [9.17, 15) is 19.7 Å². The molecule has 0 saturated heterocycles. The lowest BCUT2D eigenvalue weighted by Crippen LogP contribution is -2.32. The molecular formula is C20H22N2O8. The number of allylic oxidation sites excluding steroid dienone is 2. The molecule has 0 radical (unpaired) electrons. The van der Waals surface area contributed by atoms with Crippen molar-refractivity contribution in [1.82, 2.24) is 5.32 Å². The minimum atomic E-state index is -1.08. The van der Waals surface area contributed by atoms with Crippen molar-refractivity contribution >= 4 is 17.6 Å². The maximum Gasteiger partial charge on any atom is 0.336 e. The second kappa shape index (κ2) is 8.44. The maximum absolute atomic E-state index is 12.8. The number of carbonyl (C=O) groups is 2. The Morgan fingerprint density at radius 3 is 2.03 bits per heavy atom. The van der Waals surface area contributed by atoms with Crippen LogP contribution in [0.2, 0.25) is 0 Å². The normalized spacial score (nSPS) is 15.7. The lowest BCUT2D eigenvalue weighted by atomic mass is 9.79. The molecule has 1 N–H and O–H groups in total. The van der Waals surface area contributed by atoms with E-state index < -0.39 is 22.8 Å². The topological polar surface area (TPSA) is 126 Å². The van der Waals surface area contributed by atoms with Crippen molar-refractivity contribution in [3.8, 4) is 11.5 Å². The molecule has 0 fully saturated rings. The van der Waals surface area contributed by atoms with Gasteiger partial charge in [0.2, 0.25) is 6.79 Å². The van der Waals surface area contributed by atoms with E-state index in [1.807, 2.05) is 0 Å². The van der Waals surface area contributed by atoms with Crippen molar-refractivity contribution in [2.45, 2.75) is 33.6 Å². The van der Waals surface area contributed by atoms with Crippen LogP contribution in [0.15, 0.2) is 34.7 Å². The number of rotatable bonds is 6. The number of nitrogens with zero attached hydrogens (tertiary/aromatic N) is 1. The fraction of sp³-hybridized carbons (Fsp3) is 0.400. The predicted octanol–water partition coefficient (Wildman–Crippen LogP) is 2.68. The first-order valence-corrected chi connectivity index (χ1v) is 9.40. The third kappa shape index (κ3) is 3.68. The minimum absolute atomic E-state index is 0.0820. The fourth-order valence-corrected chi connectivity index (χ4v) is 3.60. The highest BCUT2D eigenvalue weighted by atomic mass is 16.7. The van der Waals surface area contributed by atoms with Crippen LogP contribution in [-0.4, -0.2) is 36.9 Å². The highest BCUT2D eigenvalue weighted by molar-refractivity contribution is 6.00. The van der Waals surface area contributed by atoms with Crippen LogP contribution in [0.4, 0.5) is 5.69 Å². The van der Waals surface area contributed by atoms with Crippen molar-refractivity contribution in [2.75, 3.05) is 20.0 Å². The number of hydrogen-bond acceptors (Lipinski definition) is 9. The van der Waals surface area contributed by atoms with E-state index in [-0.39, 0.29) is 53.9 Å². The smallest absolute Gasteiger partial charge is 0.336 e. The summed E-state index contributed by atoms with van der Waals surface area (Å²) in [6.07, 6.45) is 0. The van der Waals surface area contributed by atoms with Gasteiger partial charge in [0.15, 0.2) is 11.5 Å². The molecular weight excluding hydrogens is 396 g/mol. The van der Waals surface area contributed by atoms with Gasteiger partial charge in [0, 0.05) is 17.0 Å². The molecule has 0 atom stereocenters. The van der Waals surface area contributed by atoms with Crippen molar-refractivity contribution in [1.29, 1.82) is 0 Å². The van der Waals surface area contributed by atoms with Gasteiger partial charge in [-0.25, -0.2) is 9.59 Å². The quantitative estimate of drug-likeness (QED) is 0.421. The summed E-state index contributed by atoms with van der Waals surface area (Å²) in [5, 5.41) is 14.9. The van der Waals surface area contributed by atoms with Gasteiger partial charge >= 0.3 is 11.9 Å². The van der Waals surface area contributed by atoms with E-state index in [1.165, 1.54) is 12.1 Å². The average molecular weight is 418 g/mol. The third-order valence-corrected chi connectivity index (χ3v) is 4.78. The summed E-state index contributed by atoms with van der Waals surface area (Å²) in [4.78, 5) is 36.9. The minimum Gasteiger partial charge on any atom is -0.463 e. The molecule has 30 heavy (non-hydrogen) atoms. The molecule has 2 aliphatic heterocycles. The predicted molar refractivity (Wildman–Crippen MR) is 104 cm³/mol. The molecule has 0 aromatic heterocycles. The van der Waals surface area contributed by atoms with Gasteiger partial charge in [0.25, 0.3) is 5.69 Å². The first-order chi connectivity index (χ1) is 14.3. The second-order valence-corrected chi connectivity index (χ2v) is 6.60. The lowest BCUT2D eigenvalue weighted by Gasteiger charge is -2.30. The Hall–Kier alpha value is -3.56. The molecule has 2 heterocycles. The molecule has 1 aromatic rings. The van der Waals surface area contributed by atoms with Gasteiger partial charge in [-0.15, -0.1) is 0 Å². The molecule has 0 saturated carbocycles. The van der Waals surface area contributed by atoms with Crippen LogP contribution in [0.5, 0.6) is 11.5 Å². The van der Waals surface area contributed by atoms with Crippen LogP contribution in [0.25, 0.3) is 0 Å². The standard InChI is InChI=1S/C20H22N2O8/c1-5-27-19(23)16-10(3)21-11(4)17(20(24)28-6-2)18(16)12-7-14-15(30-9-29-14)8-13(12)22(25)26/h7-8,18,21H,5-6,9H2,1-4H3. The van der Waals surface area contributed by atoms with Crippen molar-refractivity contribution in [2.24, 2.45) is 0 Å². The highest BCUT2D eigenvalue weighted by Crippen LogP contribution is 2.47. The summed E-state index contributed by atoms with van der Waals surface area (Å²) in [6.45, 7) is 6.70. The van der Waals surface area contributed by atoms with Gasteiger partial charge in [-0.3, -0.25) is 10.1 Å². The van der Waals surface area contributed by atoms with Crippen LogP contribution in [0, 0.1) is 10.1 Å². The molecule has 0 amide bonds. The number of esters is 2. The van der Waals surface area contributed by atoms with E-state index in [0.29, 0.717) is 11.4 Å². The van der Waals surface area contributed by atoms with Gasteiger partial charge < -0.3 is 24.3 Å². The van der Waals surface area contributed by atoms with Crippen LogP contribution < -0.4 is 14.8 Å². The molecule has 0 spiro atoms. The zero-order valence-corrected chi connectivity index (χ0v) is 17.1. The number of nitro groups is 1. The Bertz CT molecular complexity index is 939. The highest BCUT2D eigenvalue weighted by Gasteiger charge is 2.42. The summed E-state index contributed by atoms with van der Waals surface area (Å²) in [5.41, 5.74) is 0.831. The fourth-order valence-electron chi connectivity index (χ4n) is 3.60. The number of ether oxygens (including phenoxy) is 4. The van der Waals surface area contributed by atoms with Gasteiger partial charge in [-0.05, 0) is 33.8 Å². The second-order valence-electron chi connectivity index (χ2n) is 6.60. The SMILES string of the molecule is CCOC(=O)C1=C(C)NC(C)=C(C(=O)OCC)C1c1cc2c(cc1[N+](=O)[O-])OCO2. The van der Waals surface area contributed by atoms with E-state index >= 15 is 0 Å². The van der Waals surface area contributed by atoms with E-state index in [2.05, 4.69) is 5.32 Å². The number of fused-ring (bicyclic) bond motifs is 1. The zero-order valence-electron chi connectivity index (χ0n) is 17.1. The van der Waals surface area contributed by atoms with Crippen molar-refractivity contribution < 1.29 is 33.5 Å². The molecule has 160 valence electrons. The molecule has 0 bridgehead atoms. The molecule has 10 heteroatoms. The number of benzene rings is 1. The van der Waals surface area contributed by atoms with Crippen LogP contribution in [0.1, 0.15) is 39.2 Å². The number of nitrogens with one attached hydrogen (secondary N) is 1. The maximum atomic E-state index is 12.8. The lowest BCUT2D eigenvalue weighted by molar-refractivity contribution is -0.385. The largest absolute Gasteiger partial charge is 0.463 e. The Labute approximate surface area is 172 Å². The van der Waals surface area contributed by atoms with Crippen LogP contribution in [0.3, 0.4) is 0 Å².